The zero-order chi connectivity index (χ0) is 23.4. The summed E-state index contributed by atoms with van der Waals surface area (Å²) in [6, 6.07) is 3.78. The van der Waals surface area contributed by atoms with Gasteiger partial charge in [-0.2, -0.15) is 10.1 Å². The van der Waals surface area contributed by atoms with Crippen molar-refractivity contribution in [3.05, 3.63) is 42.1 Å². The van der Waals surface area contributed by atoms with Gasteiger partial charge in [0.2, 0.25) is 11.8 Å². The van der Waals surface area contributed by atoms with Gasteiger partial charge in [-0.15, -0.1) is 5.10 Å². The van der Waals surface area contributed by atoms with Crippen molar-refractivity contribution in [2.45, 2.75) is 44.6 Å². The second-order valence-corrected chi connectivity index (χ2v) is 9.39. The monoisotopic (exact) mass is 463 g/mol. The molecular weight excluding hydrogens is 437 g/mol. The Kier molecular flexibility index (Phi) is 4.72. The van der Waals surface area contributed by atoms with E-state index < -0.39 is 5.82 Å². The van der Waals surface area contributed by atoms with Crippen LogP contribution in [0.2, 0.25) is 0 Å². The normalized spacial score (nSPS) is 17.4. The third-order valence-corrected chi connectivity index (χ3v) is 7.36. The lowest BCUT2D eigenvalue weighted by molar-refractivity contribution is 0.0964. The first-order chi connectivity index (χ1) is 16.5. The molecule has 1 spiro atoms. The van der Waals surface area contributed by atoms with Crippen LogP contribution in [0.1, 0.15) is 48.9 Å². The van der Waals surface area contributed by atoms with Crippen molar-refractivity contribution in [2.24, 2.45) is 5.41 Å². The summed E-state index contributed by atoms with van der Waals surface area (Å²) in [5, 5.41) is 14.8. The summed E-state index contributed by atoms with van der Waals surface area (Å²) >= 11 is 0. The van der Waals surface area contributed by atoms with Crippen molar-refractivity contribution in [2.75, 3.05) is 19.5 Å². The second-order valence-electron chi connectivity index (χ2n) is 9.39. The maximum absolute atomic E-state index is 15.3. The first kappa shape index (κ1) is 20.9. The molecule has 0 bridgehead atoms. The van der Waals surface area contributed by atoms with Gasteiger partial charge in [0.15, 0.2) is 5.82 Å². The van der Waals surface area contributed by atoms with E-state index in [4.69, 9.17) is 4.74 Å². The van der Waals surface area contributed by atoms with Crippen LogP contribution in [-0.2, 0) is 0 Å². The average molecular weight is 464 g/mol. The molecule has 0 aliphatic heterocycles. The van der Waals surface area contributed by atoms with E-state index in [1.165, 1.54) is 49.7 Å². The predicted octanol–water partition coefficient (Wildman–Crippen LogP) is 3.69. The van der Waals surface area contributed by atoms with Gasteiger partial charge >= 0.3 is 0 Å². The molecule has 4 aromatic heterocycles. The van der Waals surface area contributed by atoms with E-state index >= 15 is 4.39 Å². The maximum Gasteiger partial charge on any atom is 0.254 e. The highest BCUT2D eigenvalue weighted by atomic mass is 19.1. The molecule has 34 heavy (non-hydrogen) atoms. The fourth-order valence-corrected chi connectivity index (χ4v) is 5.18. The number of halogens is 1. The Morgan fingerprint density at radius 1 is 1.24 bits per heavy atom. The van der Waals surface area contributed by atoms with Crippen molar-refractivity contribution >= 4 is 22.9 Å². The van der Waals surface area contributed by atoms with Crippen LogP contribution in [0.4, 0.5) is 10.3 Å². The molecule has 1 amide bonds. The summed E-state index contributed by atoms with van der Waals surface area (Å²) in [5.74, 6) is -0.00803. The van der Waals surface area contributed by atoms with Crippen LogP contribution in [0.15, 0.2) is 30.7 Å². The Balaban J connectivity index is 1.39. The van der Waals surface area contributed by atoms with Crippen LogP contribution in [0.3, 0.4) is 0 Å². The Labute approximate surface area is 195 Å². The number of nitrogens with zero attached hydrogens (tertiary/aromatic N) is 5. The van der Waals surface area contributed by atoms with Crippen LogP contribution in [0.25, 0.3) is 22.2 Å². The molecule has 2 aliphatic carbocycles. The quantitative estimate of drug-likeness (QED) is 0.469. The number of pyridine rings is 1. The molecule has 6 rings (SSSR count). The lowest BCUT2D eigenvalue weighted by Gasteiger charge is -2.29. The zero-order valence-electron chi connectivity index (χ0n) is 19.1. The lowest BCUT2D eigenvalue weighted by Crippen LogP contribution is -2.28. The second kappa shape index (κ2) is 7.68. The predicted molar refractivity (Wildman–Crippen MR) is 125 cm³/mol. The summed E-state index contributed by atoms with van der Waals surface area (Å²) in [6.45, 7) is 0. The van der Waals surface area contributed by atoms with Crippen LogP contribution in [-0.4, -0.2) is 50.3 Å². The van der Waals surface area contributed by atoms with Crippen molar-refractivity contribution < 1.29 is 13.9 Å². The minimum Gasteiger partial charge on any atom is -0.479 e. The third-order valence-electron chi connectivity index (χ3n) is 7.36. The highest BCUT2D eigenvalue weighted by Gasteiger charge is 2.44. The molecule has 2 fully saturated rings. The molecule has 4 aromatic rings. The minimum absolute atomic E-state index is 0.263. The number of fused-ring (bicyclic) bond motifs is 2. The van der Waals surface area contributed by atoms with Gasteiger partial charge in [-0.1, -0.05) is 0 Å². The zero-order valence-corrected chi connectivity index (χ0v) is 19.1. The van der Waals surface area contributed by atoms with E-state index in [1.54, 1.807) is 29.9 Å². The smallest absolute Gasteiger partial charge is 0.254 e. The number of ether oxygens (including phenoxy) is 1. The molecule has 2 N–H and O–H groups in total. The van der Waals surface area contributed by atoms with E-state index in [9.17, 15) is 4.79 Å². The fourth-order valence-electron chi connectivity index (χ4n) is 5.18. The minimum atomic E-state index is -0.455. The number of rotatable bonds is 5. The van der Waals surface area contributed by atoms with Crippen molar-refractivity contribution in [1.29, 1.82) is 0 Å². The van der Waals surface area contributed by atoms with Gasteiger partial charge in [0, 0.05) is 19.3 Å². The molecule has 4 heterocycles. The number of carbonyl (C=O) groups is 1. The Hall–Kier alpha value is -3.69. The molecule has 10 heteroatoms. The summed E-state index contributed by atoms with van der Waals surface area (Å²) in [5.41, 5.74) is 2.89. The number of hydrogen-bond donors (Lipinski definition) is 2. The Bertz CT molecular complexity index is 1410. The maximum atomic E-state index is 15.3. The number of anilines is 1. The molecule has 0 aromatic carbocycles. The molecule has 2 aliphatic rings. The Morgan fingerprint density at radius 2 is 2.03 bits per heavy atom. The number of aromatic nitrogens is 5. The van der Waals surface area contributed by atoms with Gasteiger partial charge in [0.05, 0.1) is 36.1 Å². The number of carbonyl (C=O) groups excluding carboxylic acids is 1. The van der Waals surface area contributed by atoms with Crippen molar-refractivity contribution in [1.82, 2.24) is 29.5 Å². The summed E-state index contributed by atoms with van der Waals surface area (Å²) in [7, 11) is 3.07. The van der Waals surface area contributed by atoms with E-state index in [-0.39, 0.29) is 11.8 Å². The lowest BCUT2D eigenvalue weighted by atomic mass is 9.83. The molecule has 2 saturated carbocycles. The first-order valence-electron chi connectivity index (χ1n) is 11.6. The van der Waals surface area contributed by atoms with Crippen LogP contribution in [0, 0.1) is 11.2 Å². The van der Waals surface area contributed by atoms with E-state index in [0.29, 0.717) is 45.1 Å². The van der Waals surface area contributed by atoms with Crippen LogP contribution < -0.4 is 15.4 Å². The van der Waals surface area contributed by atoms with E-state index in [2.05, 4.69) is 25.8 Å². The molecular formula is C24H26FN7O2. The van der Waals surface area contributed by atoms with E-state index in [1.807, 2.05) is 0 Å². The van der Waals surface area contributed by atoms with Gasteiger partial charge in [0.25, 0.3) is 5.91 Å². The number of nitrogens with one attached hydrogen (secondary N) is 2. The third kappa shape index (κ3) is 3.36. The molecule has 0 atom stereocenters. The van der Waals surface area contributed by atoms with Gasteiger partial charge in [-0.25, -0.2) is 13.4 Å². The van der Waals surface area contributed by atoms with Crippen molar-refractivity contribution in [3.8, 4) is 17.0 Å². The first-order valence-corrected chi connectivity index (χ1v) is 11.6. The molecule has 0 saturated heterocycles. The topological polar surface area (TPSA) is 97.9 Å². The number of amides is 1. The number of methoxy groups -OCH3 is 1. The highest BCUT2D eigenvalue weighted by molar-refractivity contribution is 6.01. The summed E-state index contributed by atoms with van der Waals surface area (Å²) in [4.78, 5) is 16.8. The van der Waals surface area contributed by atoms with Crippen LogP contribution in [0.5, 0.6) is 5.88 Å². The average Bonchev–Trinajstić information content (AvgIpc) is 3.32. The van der Waals surface area contributed by atoms with Gasteiger partial charge in [-0.3, -0.25) is 4.79 Å². The van der Waals surface area contributed by atoms with E-state index in [0.717, 1.165) is 12.8 Å². The van der Waals surface area contributed by atoms with Gasteiger partial charge in [0.1, 0.15) is 5.52 Å². The summed E-state index contributed by atoms with van der Waals surface area (Å²) in [6.07, 6.45) is 11.9. The molecule has 0 radical (unpaired) electrons. The molecule has 9 nitrogen and oxygen atoms in total. The fraction of sp³-hybridized carbons (Fsp3) is 0.417. The molecule has 0 unspecified atom stereocenters. The SMILES string of the molecule is CNC(=O)c1cnn2ccc(-c3c(F)cn4nc(NC5CCC6(CC5)CC6)nc(OC)c34)cc12. The van der Waals surface area contributed by atoms with Crippen LogP contribution >= 0.6 is 0 Å². The van der Waals surface area contributed by atoms with Gasteiger partial charge < -0.3 is 15.4 Å². The highest BCUT2D eigenvalue weighted by Crippen LogP contribution is 2.56. The van der Waals surface area contributed by atoms with Gasteiger partial charge in [-0.05, 0) is 61.6 Å². The standard InChI is InChI=1S/C24H26FN7O2/c1-26-21(33)16-12-27-31-10-5-14(11-18(16)31)19-17(25)13-32-20(19)22(34-2)29-23(30-32)28-15-3-6-24(7-4-15)8-9-24/h5,10-13,15H,3-4,6-9H2,1-2H3,(H,26,33)(H,28,30). The summed E-state index contributed by atoms with van der Waals surface area (Å²) < 4.78 is 23.9. The largest absolute Gasteiger partial charge is 0.479 e. The number of hydrogen-bond acceptors (Lipinski definition) is 6. The molecule has 176 valence electrons. The Morgan fingerprint density at radius 3 is 2.74 bits per heavy atom. The van der Waals surface area contributed by atoms with Crippen molar-refractivity contribution in [3.63, 3.8) is 0 Å².